The number of benzene rings is 2. The van der Waals surface area contributed by atoms with Crippen LogP contribution in [-0.2, 0) is 16.6 Å². The Morgan fingerprint density at radius 3 is 2.43 bits per heavy atom. The molecule has 2 rings (SSSR count). The standard InChI is InChI=1S/C20H20BrFN2O3S/c1-3-11-23-28(26,27)18-8-5-15(6-9-18)20(25)24(12-4-2)14-16-13-17(21)7-10-19(16)22/h3-10,13,23H,1-2,11-12,14H2. The van der Waals surface area contributed by atoms with E-state index in [4.69, 9.17) is 0 Å². The summed E-state index contributed by atoms with van der Waals surface area (Å²) >= 11 is 3.29. The van der Waals surface area contributed by atoms with Gasteiger partial charge in [-0.2, -0.15) is 0 Å². The molecule has 0 spiro atoms. The van der Waals surface area contributed by atoms with Gasteiger partial charge in [0, 0.05) is 35.2 Å². The maximum absolute atomic E-state index is 14.1. The van der Waals surface area contributed by atoms with Crippen LogP contribution in [-0.4, -0.2) is 32.3 Å². The van der Waals surface area contributed by atoms with E-state index in [1.807, 2.05) is 0 Å². The first-order valence-electron chi connectivity index (χ1n) is 8.33. The number of halogens is 2. The molecule has 1 N–H and O–H groups in total. The van der Waals surface area contributed by atoms with Crippen LogP contribution >= 0.6 is 15.9 Å². The number of nitrogens with zero attached hydrogens (tertiary/aromatic N) is 1. The van der Waals surface area contributed by atoms with Crippen LogP contribution in [0.25, 0.3) is 0 Å². The molecule has 0 aliphatic rings. The van der Waals surface area contributed by atoms with Crippen LogP contribution < -0.4 is 4.72 Å². The van der Waals surface area contributed by atoms with Crippen molar-refractivity contribution in [2.24, 2.45) is 0 Å². The molecule has 148 valence electrons. The zero-order chi connectivity index (χ0) is 20.7. The van der Waals surface area contributed by atoms with Crippen LogP contribution in [0, 0.1) is 5.82 Å². The second kappa shape index (κ2) is 9.77. The van der Waals surface area contributed by atoms with Gasteiger partial charge in [-0.1, -0.05) is 28.1 Å². The number of carbonyl (C=O) groups excluding carboxylic acids is 1. The largest absolute Gasteiger partial charge is 0.330 e. The molecule has 2 aromatic rings. The number of carbonyl (C=O) groups is 1. The van der Waals surface area contributed by atoms with E-state index in [0.717, 1.165) is 0 Å². The fraction of sp³-hybridized carbons (Fsp3) is 0.150. The molecule has 0 aliphatic carbocycles. The van der Waals surface area contributed by atoms with Gasteiger partial charge < -0.3 is 4.90 Å². The summed E-state index contributed by atoms with van der Waals surface area (Å²) in [6.45, 7) is 7.48. The molecule has 0 aromatic heterocycles. The molecule has 0 radical (unpaired) electrons. The van der Waals surface area contributed by atoms with Crippen LogP contribution in [0.5, 0.6) is 0 Å². The Kier molecular flexibility index (Phi) is 7.68. The first-order chi connectivity index (χ1) is 13.3. The van der Waals surface area contributed by atoms with Crippen molar-refractivity contribution in [1.82, 2.24) is 9.62 Å². The number of rotatable bonds is 9. The fourth-order valence-electron chi connectivity index (χ4n) is 2.46. The monoisotopic (exact) mass is 466 g/mol. The third-order valence-electron chi connectivity index (χ3n) is 3.83. The van der Waals surface area contributed by atoms with Crippen molar-refractivity contribution in [1.29, 1.82) is 0 Å². The quantitative estimate of drug-likeness (QED) is 0.570. The maximum Gasteiger partial charge on any atom is 0.254 e. The summed E-state index contributed by atoms with van der Waals surface area (Å²) in [7, 11) is -3.67. The number of nitrogens with one attached hydrogen (secondary N) is 1. The summed E-state index contributed by atoms with van der Waals surface area (Å²) in [5, 5.41) is 0. The Bertz CT molecular complexity index is 975. The van der Waals surface area contributed by atoms with E-state index in [9.17, 15) is 17.6 Å². The van der Waals surface area contributed by atoms with Gasteiger partial charge in [0.2, 0.25) is 10.0 Å². The average Bonchev–Trinajstić information content (AvgIpc) is 2.68. The zero-order valence-corrected chi connectivity index (χ0v) is 17.5. The molecule has 28 heavy (non-hydrogen) atoms. The molecule has 5 nitrogen and oxygen atoms in total. The summed E-state index contributed by atoms with van der Waals surface area (Å²) < 4.78 is 41.3. The smallest absolute Gasteiger partial charge is 0.254 e. The van der Waals surface area contributed by atoms with Crippen LogP contribution in [0.4, 0.5) is 4.39 Å². The van der Waals surface area contributed by atoms with Gasteiger partial charge in [-0.05, 0) is 42.5 Å². The minimum Gasteiger partial charge on any atom is -0.330 e. The van der Waals surface area contributed by atoms with Crippen LogP contribution in [0.15, 0.2) is 77.1 Å². The van der Waals surface area contributed by atoms with Gasteiger partial charge >= 0.3 is 0 Å². The van der Waals surface area contributed by atoms with E-state index in [1.54, 1.807) is 18.2 Å². The number of hydrogen-bond donors (Lipinski definition) is 1. The third-order valence-corrected chi connectivity index (χ3v) is 5.77. The Balaban J connectivity index is 2.24. The highest BCUT2D eigenvalue weighted by molar-refractivity contribution is 9.10. The summed E-state index contributed by atoms with van der Waals surface area (Å²) in [6.07, 6.45) is 2.98. The topological polar surface area (TPSA) is 66.5 Å². The average molecular weight is 467 g/mol. The third kappa shape index (κ3) is 5.60. The van der Waals surface area contributed by atoms with E-state index < -0.39 is 15.8 Å². The van der Waals surface area contributed by atoms with Gasteiger partial charge in [-0.15, -0.1) is 13.2 Å². The highest BCUT2D eigenvalue weighted by atomic mass is 79.9. The van der Waals surface area contributed by atoms with Gasteiger partial charge in [-0.25, -0.2) is 17.5 Å². The summed E-state index contributed by atoms with van der Waals surface area (Å²) in [5.41, 5.74) is 0.650. The molecule has 2 aromatic carbocycles. The van der Waals surface area contributed by atoms with Crippen molar-refractivity contribution in [2.45, 2.75) is 11.4 Å². The predicted molar refractivity (Wildman–Crippen MR) is 111 cm³/mol. The van der Waals surface area contributed by atoms with E-state index in [0.29, 0.717) is 15.6 Å². The normalized spacial score (nSPS) is 11.1. The minimum atomic E-state index is -3.67. The predicted octanol–water partition coefficient (Wildman–Crippen LogP) is 3.88. The molecule has 0 unspecified atom stereocenters. The SMILES string of the molecule is C=CCNS(=O)(=O)c1ccc(C(=O)N(CC=C)Cc2cc(Br)ccc2F)cc1. The number of hydrogen-bond acceptors (Lipinski definition) is 3. The molecular weight excluding hydrogens is 447 g/mol. The zero-order valence-electron chi connectivity index (χ0n) is 15.1. The van der Waals surface area contributed by atoms with Crippen molar-refractivity contribution in [3.63, 3.8) is 0 Å². The Morgan fingerprint density at radius 2 is 1.82 bits per heavy atom. The summed E-state index contributed by atoms with van der Waals surface area (Å²) in [6, 6.07) is 10.1. The molecule has 0 saturated heterocycles. The van der Waals surface area contributed by atoms with Gasteiger partial charge in [0.1, 0.15) is 5.82 Å². The Morgan fingerprint density at radius 1 is 1.14 bits per heavy atom. The molecular formula is C20H20BrFN2O3S. The maximum atomic E-state index is 14.1. The lowest BCUT2D eigenvalue weighted by Gasteiger charge is -2.22. The van der Waals surface area contributed by atoms with Gasteiger partial charge in [0.25, 0.3) is 5.91 Å². The second-order valence-corrected chi connectivity index (χ2v) is 8.56. The van der Waals surface area contributed by atoms with Crippen molar-refractivity contribution in [2.75, 3.05) is 13.1 Å². The van der Waals surface area contributed by atoms with Crippen molar-refractivity contribution < 1.29 is 17.6 Å². The fourth-order valence-corrected chi connectivity index (χ4v) is 3.86. The molecule has 1 amide bonds. The number of amides is 1. The Labute approximate surface area is 172 Å². The molecule has 0 heterocycles. The van der Waals surface area contributed by atoms with E-state index >= 15 is 0 Å². The van der Waals surface area contributed by atoms with Crippen LogP contribution in [0.2, 0.25) is 0 Å². The van der Waals surface area contributed by atoms with Gasteiger partial charge in [-0.3, -0.25) is 4.79 Å². The van der Waals surface area contributed by atoms with E-state index in [-0.39, 0.29) is 30.4 Å². The lowest BCUT2D eigenvalue weighted by molar-refractivity contribution is 0.0761. The van der Waals surface area contributed by atoms with Gasteiger partial charge in [0.05, 0.1) is 4.90 Å². The van der Waals surface area contributed by atoms with E-state index in [2.05, 4.69) is 33.8 Å². The molecule has 0 aliphatic heterocycles. The van der Waals surface area contributed by atoms with Crippen molar-refractivity contribution >= 4 is 31.9 Å². The molecule has 0 saturated carbocycles. The highest BCUT2D eigenvalue weighted by Crippen LogP contribution is 2.19. The Hall–Kier alpha value is -2.29. The van der Waals surface area contributed by atoms with Gasteiger partial charge in [0.15, 0.2) is 0 Å². The molecule has 8 heteroatoms. The van der Waals surface area contributed by atoms with Crippen molar-refractivity contribution in [3.8, 4) is 0 Å². The lowest BCUT2D eigenvalue weighted by atomic mass is 10.1. The first-order valence-corrected chi connectivity index (χ1v) is 10.6. The number of sulfonamides is 1. The molecule has 0 fully saturated rings. The highest BCUT2D eigenvalue weighted by Gasteiger charge is 2.19. The summed E-state index contributed by atoms with van der Waals surface area (Å²) in [4.78, 5) is 14.3. The van der Waals surface area contributed by atoms with E-state index in [1.165, 1.54) is 41.3 Å². The second-order valence-electron chi connectivity index (χ2n) is 5.88. The molecule has 0 atom stereocenters. The van der Waals surface area contributed by atoms with Crippen LogP contribution in [0.1, 0.15) is 15.9 Å². The first kappa shape index (κ1) is 22.0. The minimum absolute atomic E-state index is 0.0409. The van der Waals surface area contributed by atoms with Crippen LogP contribution in [0.3, 0.4) is 0 Å². The van der Waals surface area contributed by atoms with Crippen molar-refractivity contribution in [3.05, 3.63) is 89.2 Å². The molecule has 0 bridgehead atoms. The lowest BCUT2D eigenvalue weighted by Crippen LogP contribution is -2.31. The summed E-state index contributed by atoms with van der Waals surface area (Å²) in [5.74, 6) is -0.776.